The highest BCUT2D eigenvalue weighted by atomic mass is 16.5. The van der Waals surface area contributed by atoms with Crippen molar-refractivity contribution in [1.82, 2.24) is 0 Å². The Bertz CT molecular complexity index is 473. The first kappa shape index (κ1) is 11.7. The number of hydrogen-bond acceptors (Lipinski definition) is 4. The zero-order valence-corrected chi connectivity index (χ0v) is 8.56. The number of rotatable bonds is 3. The second-order valence-electron chi connectivity index (χ2n) is 3.01. The highest BCUT2D eigenvalue weighted by molar-refractivity contribution is 5.93. The molecule has 1 aromatic rings. The van der Waals surface area contributed by atoms with Gasteiger partial charge in [-0.05, 0) is 17.7 Å². The average molecular weight is 219 g/mol. The van der Waals surface area contributed by atoms with Gasteiger partial charge < -0.3 is 9.84 Å². The van der Waals surface area contributed by atoms with Crippen LogP contribution in [0.5, 0.6) is 0 Å². The van der Waals surface area contributed by atoms with E-state index in [1.165, 1.54) is 25.3 Å². The van der Waals surface area contributed by atoms with Crippen molar-refractivity contribution in [2.45, 2.75) is 6.42 Å². The maximum atomic E-state index is 11.4. The van der Waals surface area contributed by atoms with Gasteiger partial charge in [0, 0.05) is 0 Å². The molecule has 0 aliphatic rings. The van der Waals surface area contributed by atoms with Gasteiger partial charge in [-0.25, -0.2) is 4.79 Å². The number of ether oxygens (including phenoxy) is 1. The zero-order chi connectivity index (χ0) is 12.1. The molecule has 0 fully saturated rings. The second-order valence-corrected chi connectivity index (χ2v) is 3.01. The summed E-state index contributed by atoms with van der Waals surface area (Å²) in [5.41, 5.74) is 0.471. The summed E-state index contributed by atoms with van der Waals surface area (Å²) < 4.78 is 4.52. The van der Waals surface area contributed by atoms with E-state index in [9.17, 15) is 9.59 Å². The molecular weight excluding hydrogens is 210 g/mol. The van der Waals surface area contributed by atoms with Crippen LogP contribution in [0.3, 0.4) is 0 Å². The summed E-state index contributed by atoms with van der Waals surface area (Å²) in [5.74, 6) is -1.75. The summed E-state index contributed by atoms with van der Waals surface area (Å²) in [7, 11) is 1.20. The summed E-state index contributed by atoms with van der Waals surface area (Å²) in [6.45, 7) is 0. The monoisotopic (exact) mass is 219 g/mol. The van der Waals surface area contributed by atoms with Crippen molar-refractivity contribution in [3.05, 3.63) is 34.9 Å². The number of esters is 1. The van der Waals surface area contributed by atoms with E-state index < -0.39 is 11.9 Å². The van der Waals surface area contributed by atoms with Crippen molar-refractivity contribution in [1.29, 1.82) is 5.26 Å². The minimum Gasteiger partial charge on any atom is -0.481 e. The van der Waals surface area contributed by atoms with Gasteiger partial charge in [-0.2, -0.15) is 5.26 Å². The van der Waals surface area contributed by atoms with E-state index in [4.69, 9.17) is 10.4 Å². The number of hydrogen-bond donors (Lipinski definition) is 1. The van der Waals surface area contributed by atoms with Gasteiger partial charge in [0.05, 0.1) is 30.7 Å². The number of benzene rings is 1. The molecule has 0 bridgehead atoms. The number of methoxy groups -OCH3 is 1. The largest absolute Gasteiger partial charge is 0.481 e. The first-order valence-corrected chi connectivity index (χ1v) is 4.42. The molecule has 1 rings (SSSR count). The van der Waals surface area contributed by atoms with Crippen LogP contribution in [0.15, 0.2) is 18.2 Å². The third kappa shape index (κ3) is 2.36. The summed E-state index contributed by atoms with van der Waals surface area (Å²) in [5, 5.41) is 17.5. The number of carbonyl (C=O) groups excluding carboxylic acids is 1. The highest BCUT2D eigenvalue weighted by Crippen LogP contribution is 2.16. The maximum Gasteiger partial charge on any atom is 0.338 e. The van der Waals surface area contributed by atoms with Crippen LogP contribution < -0.4 is 0 Å². The number of carboxylic acid groups (broad SMARTS) is 1. The molecule has 0 aromatic heterocycles. The predicted molar refractivity (Wildman–Crippen MR) is 53.8 cm³/mol. The van der Waals surface area contributed by atoms with Crippen LogP contribution in [0.4, 0.5) is 0 Å². The van der Waals surface area contributed by atoms with Crippen LogP contribution in [0.2, 0.25) is 0 Å². The Hall–Kier alpha value is -2.35. The van der Waals surface area contributed by atoms with E-state index in [2.05, 4.69) is 4.74 Å². The first-order chi connectivity index (χ1) is 7.60. The molecule has 0 atom stereocenters. The molecule has 0 heterocycles. The molecule has 0 amide bonds. The molecule has 0 aliphatic heterocycles. The molecule has 0 aliphatic carbocycles. The van der Waals surface area contributed by atoms with Crippen molar-refractivity contribution >= 4 is 11.9 Å². The lowest BCUT2D eigenvalue weighted by Gasteiger charge is -2.07. The molecule has 16 heavy (non-hydrogen) atoms. The number of carboxylic acids is 1. The Morgan fingerprint density at radius 1 is 1.50 bits per heavy atom. The standard InChI is InChI=1S/C11H9NO4/c1-16-11(15)8-4-2-3-7(6-12)9(8)5-10(13)14/h2-4H,5H2,1H3,(H,13,14). The van der Waals surface area contributed by atoms with Crippen LogP contribution in [-0.4, -0.2) is 24.2 Å². The van der Waals surface area contributed by atoms with Gasteiger partial charge in [0.25, 0.3) is 0 Å². The Morgan fingerprint density at radius 2 is 2.19 bits per heavy atom. The van der Waals surface area contributed by atoms with E-state index in [0.717, 1.165) is 0 Å². The zero-order valence-electron chi connectivity index (χ0n) is 8.56. The SMILES string of the molecule is COC(=O)c1cccc(C#N)c1CC(=O)O. The van der Waals surface area contributed by atoms with Gasteiger partial charge >= 0.3 is 11.9 Å². The van der Waals surface area contributed by atoms with Crippen molar-refractivity contribution in [3.63, 3.8) is 0 Å². The van der Waals surface area contributed by atoms with Crippen LogP contribution in [0.25, 0.3) is 0 Å². The summed E-state index contributed by atoms with van der Waals surface area (Å²) >= 11 is 0. The maximum absolute atomic E-state index is 11.4. The van der Waals surface area contributed by atoms with Crippen molar-refractivity contribution in [2.24, 2.45) is 0 Å². The Morgan fingerprint density at radius 3 is 2.69 bits per heavy atom. The van der Waals surface area contributed by atoms with Crippen LogP contribution >= 0.6 is 0 Å². The Balaban J connectivity index is 3.32. The lowest BCUT2D eigenvalue weighted by molar-refractivity contribution is -0.136. The first-order valence-electron chi connectivity index (χ1n) is 4.42. The van der Waals surface area contributed by atoms with Crippen LogP contribution in [0, 0.1) is 11.3 Å². The molecule has 0 spiro atoms. The predicted octanol–water partition coefficient (Wildman–Crippen LogP) is 0.972. The van der Waals surface area contributed by atoms with E-state index in [-0.39, 0.29) is 23.1 Å². The van der Waals surface area contributed by atoms with Crippen molar-refractivity contribution in [3.8, 4) is 6.07 Å². The molecule has 0 saturated heterocycles. The smallest absolute Gasteiger partial charge is 0.338 e. The van der Waals surface area contributed by atoms with E-state index in [1.807, 2.05) is 6.07 Å². The summed E-state index contributed by atoms with van der Waals surface area (Å²) in [6.07, 6.45) is -0.381. The van der Waals surface area contributed by atoms with Gasteiger partial charge in [-0.3, -0.25) is 4.79 Å². The molecule has 5 heteroatoms. The molecule has 0 saturated carbocycles. The van der Waals surface area contributed by atoms with Gasteiger partial charge in [-0.15, -0.1) is 0 Å². The Kier molecular flexibility index (Phi) is 3.62. The number of nitrogens with zero attached hydrogens (tertiary/aromatic N) is 1. The number of carbonyl (C=O) groups is 2. The third-order valence-electron chi connectivity index (χ3n) is 2.03. The fourth-order valence-corrected chi connectivity index (χ4v) is 1.33. The normalized spacial score (nSPS) is 9.25. The lowest BCUT2D eigenvalue weighted by Crippen LogP contribution is -2.11. The van der Waals surface area contributed by atoms with Gasteiger partial charge in [-0.1, -0.05) is 6.07 Å². The lowest BCUT2D eigenvalue weighted by atomic mass is 9.99. The van der Waals surface area contributed by atoms with Crippen LogP contribution in [-0.2, 0) is 16.0 Å². The topological polar surface area (TPSA) is 87.4 Å². The molecule has 5 nitrogen and oxygen atoms in total. The highest BCUT2D eigenvalue weighted by Gasteiger charge is 2.17. The van der Waals surface area contributed by atoms with Gasteiger partial charge in [0.15, 0.2) is 0 Å². The van der Waals surface area contributed by atoms with E-state index >= 15 is 0 Å². The molecule has 0 unspecified atom stereocenters. The number of aliphatic carboxylic acids is 1. The second kappa shape index (κ2) is 4.94. The summed E-state index contributed by atoms with van der Waals surface area (Å²) in [6, 6.07) is 6.26. The quantitative estimate of drug-likeness (QED) is 0.765. The average Bonchev–Trinajstić information content (AvgIpc) is 2.27. The molecular formula is C11H9NO4. The fraction of sp³-hybridized carbons (Fsp3) is 0.182. The van der Waals surface area contributed by atoms with Crippen LogP contribution in [0.1, 0.15) is 21.5 Å². The van der Waals surface area contributed by atoms with E-state index in [0.29, 0.717) is 0 Å². The van der Waals surface area contributed by atoms with Gasteiger partial charge in [0.1, 0.15) is 0 Å². The minimum absolute atomic E-state index is 0.115. The Labute approximate surface area is 91.9 Å². The fourth-order valence-electron chi connectivity index (χ4n) is 1.33. The summed E-state index contributed by atoms with van der Waals surface area (Å²) in [4.78, 5) is 22.0. The third-order valence-corrected chi connectivity index (χ3v) is 2.03. The molecule has 1 aromatic carbocycles. The molecule has 1 N–H and O–H groups in total. The van der Waals surface area contributed by atoms with Crippen molar-refractivity contribution in [2.75, 3.05) is 7.11 Å². The van der Waals surface area contributed by atoms with Crippen molar-refractivity contribution < 1.29 is 19.4 Å². The van der Waals surface area contributed by atoms with Gasteiger partial charge in [0.2, 0.25) is 0 Å². The molecule has 82 valence electrons. The van der Waals surface area contributed by atoms with E-state index in [1.54, 1.807) is 0 Å². The molecule has 0 radical (unpaired) electrons. The minimum atomic E-state index is -1.10. The number of nitriles is 1.